The second-order valence-electron chi connectivity index (χ2n) is 4.88. The Balaban J connectivity index is 1.67. The molecule has 1 heterocycles. The highest BCUT2D eigenvalue weighted by Gasteiger charge is 2.19. The molecule has 20 heavy (non-hydrogen) atoms. The fraction of sp³-hybridized carbons (Fsp3) is 0.250. The second kappa shape index (κ2) is 5.74. The van der Waals surface area contributed by atoms with Gasteiger partial charge in [0.05, 0.1) is 5.69 Å². The standard InChI is InChI=1S/C16H16N2O2/c19-15(11-10-12-6-2-1-3-7-12)17-16-13-8-4-5-9-14(13)18-20-16/h1-3,6-7,10-11H,4-5,8-9H2,(H,17,19). The monoisotopic (exact) mass is 268 g/mol. The van der Waals surface area contributed by atoms with Crippen molar-refractivity contribution in [2.24, 2.45) is 0 Å². The molecular weight excluding hydrogens is 252 g/mol. The van der Waals surface area contributed by atoms with E-state index in [1.54, 1.807) is 6.08 Å². The molecule has 1 N–H and O–H groups in total. The molecule has 3 rings (SSSR count). The largest absolute Gasteiger partial charge is 0.338 e. The quantitative estimate of drug-likeness (QED) is 0.870. The first kappa shape index (κ1) is 12.7. The van der Waals surface area contributed by atoms with E-state index in [-0.39, 0.29) is 5.91 Å². The van der Waals surface area contributed by atoms with E-state index in [9.17, 15) is 4.79 Å². The first-order valence-electron chi connectivity index (χ1n) is 6.84. The van der Waals surface area contributed by atoms with Crippen LogP contribution in [0.4, 0.5) is 5.88 Å². The lowest BCUT2D eigenvalue weighted by Crippen LogP contribution is -2.10. The number of hydrogen-bond acceptors (Lipinski definition) is 3. The lowest BCUT2D eigenvalue weighted by molar-refractivity contribution is -0.112. The molecule has 0 saturated carbocycles. The summed E-state index contributed by atoms with van der Waals surface area (Å²) in [5.74, 6) is 0.306. The van der Waals surface area contributed by atoms with E-state index in [1.165, 1.54) is 6.08 Å². The van der Waals surface area contributed by atoms with Crippen molar-refractivity contribution in [3.63, 3.8) is 0 Å². The number of fused-ring (bicyclic) bond motifs is 1. The molecule has 4 nitrogen and oxygen atoms in total. The molecule has 1 amide bonds. The van der Waals surface area contributed by atoms with Gasteiger partial charge >= 0.3 is 0 Å². The summed E-state index contributed by atoms with van der Waals surface area (Å²) in [4.78, 5) is 11.9. The smallest absolute Gasteiger partial charge is 0.250 e. The molecule has 0 aliphatic heterocycles. The van der Waals surface area contributed by atoms with Crippen molar-refractivity contribution in [1.82, 2.24) is 5.16 Å². The van der Waals surface area contributed by atoms with Gasteiger partial charge < -0.3 is 4.52 Å². The molecule has 1 aromatic carbocycles. The Labute approximate surface area is 117 Å². The van der Waals surface area contributed by atoms with Gasteiger partial charge in [0.25, 0.3) is 5.91 Å². The van der Waals surface area contributed by atoms with Gasteiger partial charge in [-0.05, 0) is 37.3 Å². The molecule has 0 unspecified atom stereocenters. The normalized spacial score (nSPS) is 14.2. The summed E-state index contributed by atoms with van der Waals surface area (Å²) in [6.07, 6.45) is 7.41. The average molecular weight is 268 g/mol. The van der Waals surface area contributed by atoms with E-state index in [0.717, 1.165) is 42.5 Å². The molecule has 0 spiro atoms. The van der Waals surface area contributed by atoms with Crippen molar-refractivity contribution in [2.45, 2.75) is 25.7 Å². The highest BCUT2D eigenvalue weighted by Crippen LogP contribution is 2.27. The second-order valence-corrected chi connectivity index (χ2v) is 4.88. The highest BCUT2D eigenvalue weighted by molar-refractivity contribution is 6.01. The van der Waals surface area contributed by atoms with Gasteiger partial charge in [0.2, 0.25) is 5.88 Å². The number of carbonyl (C=O) groups excluding carboxylic acids is 1. The molecule has 0 saturated heterocycles. The van der Waals surface area contributed by atoms with E-state index in [0.29, 0.717) is 5.88 Å². The van der Waals surface area contributed by atoms with Crippen molar-refractivity contribution in [1.29, 1.82) is 0 Å². The number of carbonyl (C=O) groups is 1. The van der Waals surface area contributed by atoms with Crippen molar-refractivity contribution < 1.29 is 9.32 Å². The van der Waals surface area contributed by atoms with Crippen LogP contribution in [0.2, 0.25) is 0 Å². The maximum atomic E-state index is 11.9. The number of aromatic nitrogens is 1. The zero-order valence-corrected chi connectivity index (χ0v) is 11.1. The van der Waals surface area contributed by atoms with Crippen LogP contribution < -0.4 is 5.32 Å². The number of nitrogens with one attached hydrogen (secondary N) is 1. The van der Waals surface area contributed by atoms with Crippen molar-refractivity contribution >= 4 is 17.9 Å². The van der Waals surface area contributed by atoms with E-state index in [1.807, 2.05) is 30.3 Å². The third-order valence-electron chi connectivity index (χ3n) is 3.42. The predicted octanol–water partition coefficient (Wildman–Crippen LogP) is 3.21. The number of anilines is 1. The Morgan fingerprint density at radius 3 is 2.85 bits per heavy atom. The Kier molecular flexibility index (Phi) is 3.63. The Bertz CT molecular complexity index is 629. The van der Waals surface area contributed by atoms with Crippen LogP contribution >= 0.6 is 0 Å². The van der Waals surface area contributed by atoms with Crippen molar-refractivity contribution in [3.8, 4) is 0 Å². The van der Waals surface area contributed by atoms with Crippen LogP contribution in [0.3, 0.4) is 0 Å². The Morgan fingerprint density at radius 1 is 1.20 bits per heavy atom. The maximum absolute atomic E-state index is 11.9. The number of rotatable bonds is 3. The maximum Gasteiger partial charge on any atom is 0.250 e. The first-order chi connectivity index (χ1) is 9.83. The molecule has 0 bridgehead atoms. The molecule has 102 valence electrons. The number of aryl methyl sites for hydroxylation is 1. The highest BCUT2D eigenvalue weighted by atomic mass is 16.5. The van der Waals surface area contributed by atoms with E-state index in [4.69, 9.17) is 4.52 Å². The fourth-order valence-electron chi connectivity index (χ4n) is 2.38. The molecular formula is C16H16N2O2. The van der Waals surface area contributed by atoms with Gasteiger partial charge in [0.1, 0.15) is 0 Å². The molecule has 0 fully saturated rings. The van der Waals surface area contributed by atoms with Gasteiger partial charge in [-0.3, -0.25) is 10.1 Å². The number of amides is 1. The number of hydrogen-bond donors (Lipinski definition) is 1. The summed E-state index contributed by atoms with van der Waals surface area (Å²) >= 11 is 0. The molecule has 1 aliphatic carbocycles. The van der Waals surface area contributed by atoms with Crippen LogP contribution in [0.15, 0.2) is 40.9 Å². The minimum absolute atomic E-state index is 0.196. The molecule has 0 atom stereocenters. The van der Waals surface area contributed by atoms with Crippen LogP contribution in [0.5, 0.6) is 0 Å². The zero-order valence-electron chi connectivity index (χ0n) is 11.1. The summed E-state index contributed by atoms with van der Waals surface area (Å²) in [6.45, 7) is 0. The lowest BCUT2D eigenvalue weighted by atomic mass is 9.98. The Morgan fingerprint density at radius 2 is 2.00 bits per heavy atom. The van der Waals surface area contributed by atoms with Crippen molar-refractivity contribution in [3.05, 3.63) is 53.2 Å². The van der Waals surface area contributed by atoms with Crippen LogP contribution in [0, 0.1) is 0 Å². The van der Waals surface area contributed by atoms with Gasteiger partial charge in [0, 0.05) is 11.6 Å². The summed E-state index contributed by atoms with van der Waals surface area (Å²) < 4.78 is 5.22. The summed E-state index contributed by atoms with van der Waals surface area (Å²) in [5.41, 5.74) is 3.03. The van der Waals surface area contributed by atoms with Gasteiger partial charge in [0.15, 0.2) is 0 Å². The van der Waals surface area contributed by atoms with E-state index < -0.39 is 0 Å². The van der Waals surface area contributed by atoms with Gasteiger partial charge in [-0.25, -0.2) is 0 Å². The zero-order chi connectivity index (χ0) is 13.8. The average Bonchev–Trinajstić information content (AvgIpc) is 2.90. The SMILES string of the molecule is O=C(C=Cc1ccccc1)Nc1onc2c1CCCC2. The summed E-state index contributed by atoms with van der Waals surface area (Å²) in [5, 5.41) is 6.78. The fourth-order valence-corrected chi connectivity index (χ4v) is 2.38. The number of nitrogens with zero attached hydrogens (tertiary/aromatic N) is 1. The minimum Gasteiger partial charge on any atom is -0.338 e. The van der Waals surface area contributed by atoms with Gasteiger partial charge in [-0.15, -0.1) is 0 Å². The van der Waals surface area contributed by atoms with Crippen LogP contribution in [-0.4, -0.2) is 11.1 Å². The van der Waals surface area contributed by atoms with Gasteiger partial charge in [-0.1, -0.05) is 35.5 Å². The summed E-state index contributed by atoms with van der Waals surface area (Å²) in [7, 11) is 0. The topological polar surface area (TPSA) is 55.1 Å². The van der Waals surface area contributed by atoms with E-state index in [2.05, 4.69) is 10.5 Å². The third kappa shape index (κ3) is 2.79. The molecule has 1 aromatic heterocycles. The van der Waals surface area contributed by atoms with Crippen molar-refractivity contribution in [2.75, 3.05) is 5.32 Å². The molecule has 0 radical (unpaired) electrons. The lowest BCUT2D eigenvalue weighted by Gasteiger charge is -2.08. The predicted molar refractivity (Wildman–Crippen MR) is 77.3 cm³/mol. The first-order valence-corrected chi connectivity index (χ1v) is 6.84. The van der Waals surface area contributed by atoms with Crippen LogP contribution in [0.1, 0.15) is 29.7 Å². The van der Waals surface area contributed by atoms with Crippen LogP contribution in [-0.2, 0) is 17.6 Å². The minimum atomic E-state index is -0.196. The number of benzene rings is 1. The summed E-state index contributed by atoms with van der Waals surface area (Å²) in [6, 6.07) is 9.70. The van der Waals surface area contributed by atoms with Crippen LogP contribution in [0.25, 0.3) is 6.08 Å². The third-order valence-corrected chi connectivity index (χ3v) is 3.42. The Hall–Kier alpha value is -2.36. The molecule has 4 heteroatoms. The molecule has 1 aliphatic rings. The van der Waals surface area contributed by atoms with Gasteiger partial charge in [-0.2, -0.15) is 0 Å². The molecule has 2 aromatic rings. The van der Waals surface area contributed by atoms with E-state index >= 15 is 0 Å².